The number of aromatic carboxylic acids is 1. The first-order valence-electron chi connectivity index (χ1n) is 6.52. The third-order valence-corrected chi connectivity index (χ3v) is 5.32. The standard InChI is InChI=1S/C13H16N2O6S/c1-21-13(18)14-6-8-15(9-7-14)22(19,20)11-4-2-10(3-5-11)12(16)17/h2-5H,6-9H2,1H3,(H,16,17). The van der Waals surface area contributed by atoms with Crippen LogP contribution in [0.2, 0.25) is 0 Å². The van der Waals surface area contributed by atoms with Crippen LogP contribution < -0.4 is 0 Å². The number of hydrogen-bond acceptors (Lipinski definition) is 5. The van der Waals surface area contributed by atoms with Crippen molar-refractivity contribution in [3.63, 3.8) is 0 Å². The van der Waals surface area contributed by atoms with E-state index in [1.165, 1.54) is 40.6 Å². The van der Waals surface area contributed by atoms with Crippen molar-refractivity contribution in [3.05, 3.63) is 29.8 Å². The van der Waals surface area contributed by atoms with Crippen LogP contribution in [-0.2, 0) is 14.8 Å². The summed E-state index contributed by atoms with van der Waals surface area (Å²) < 4.78 is 30.8. The predicted octanol–water partition coefficient (Wildman–Crippen LogP) is 0.457. The quantitative estimate of drug-likeness (QED) is 0.864. The van der Waals surface area contributed by atoms with Gasteiger partial charge >= 0.3 is 12.1 Å². The Hall–Kier alpha value is -2.13. The minimum Gasteiger partial charge on any atom is -0.478 e. The van der Waals surface area contributed by atoms with Crippen LogP contribution in [-0.4, -0.2) is 68.1 Å². The fourth-order valence-electron chi connectivity index (χ4n) is 2.16. The number of methoxy groups -OCH3 is 1. The highest BCUT2D eigenvalue weighted by atomic mass is 32.2. The van der Waals surface area contributed by atoms with Crippen molar-refractivity contribution in [1.82, 2.24) is 9.21 Å². The lowest BCUT2D eigenvalue weighted by atomic mass is 10.2. The van der Waals surface area contributed by atoms with Crippen LogP contribution in [0.25, 0.3) is 0 Å². The first-order valence-corrected chi connectivity index (χ1v) is 7.96. The number of nitrogens with zero attached hydrogens (tertiary/aromatic N) is 2. The van der Waals surface area contributed by atoms with Gasteiger partial charge in [-0.15, -0.1) is 0 Å². The number of amides is 1. The van der Waals surface area contributed by atoms with Gasteiger partial charge in [-0.1, -0.05) is 0 Å². The minimum absolute atomic E-state index is 0.0226. The van der Waals surface area contributed by atoms with Crippen molar-refractivity contribution in [2.24, 2.45) is 0 Å². The van der Waals surface area contributed by atoms with E-state index in [2.05, 4.69) is 4.74 Å². The highest BCUT2D eigenvalue weighted by molar-refractivity contribution is 7.89. The van der Waals surface area contributed by atoms with Gasteiger partial charge in [0.1, 0.15) is 0 Å². The molecule has 1 aromatic carbocycles. The lowest BCUT2D eigenvalue weighted by Gasteiger charge is -2.33. The number of carboxylic acids is 1. The van der Waals surface area contributed by atoms with Gasteiger partial charge in [0.15, 0.2) is 0 Å². The summed E-state index contributed by atoms with van der Waals surface area (Å²) >= 11 is 0. The fourth-order valence-corrected chi connectivity index (χ4v) is 3.58. The van der Waals surface area contributed by atoms with Gasteiger partial charge < -0.3 is 14.7 Å². The Labute approximate surface area is 127 Å². The van der Waals surface area contributed by atoms with Crippen LogP contribution in [0.3, 0.4) is 0 Å². The molecule has 1 heterocycles. The van der Waals surface area contributed by atoms with Crippen molar-refractivity contribution < 1.29 is 27.9 Å². The molecule has 0 atom stereocenters. The molecule has 0 saturated carbocycles. The molecule has 0 aromatic heterocycles. The van der Waals surface area contributed by atoms with Crippen LogP contribution in [0, 0.1) is 0 Å². The molecule has 1 N–H and O–H groups in total. The third-order valence-electron chi connectivity index (χ3n) is 3.41. The summed E-state index contributed by atoms with van der Waals surface area (Å²) in [6.07, 6.45) is -0.483. The van der Waals surface area contributed by atoms with Crippen molar-refractivity contribution in [2.45, 2.75) is 4.90 Å². The molecule has 0 aliphatic carbocycles. The minimum atomic E-state index is -3.70. The van der Waals surface area contributed by atoms with E-state index in [-0.39, 0.29) is 36.6 Å². The monoisotopic (exact) mass is 328 g/mol. The maximum absolute atomic E-state index is 12.5. The molecule has 120 valence electrons. The van der Waals surface area contributed by atoms with Gasteiger partial charge in [0.05, 0.1) is 17.6 Å². The summed E-state index contributed by atoms with van der Waals surface area (Å²) in [5.41, 5.74) is 0.0226. The molecular formula is C13H16N2O6S. The third kappa shape index (κ3) is 3.20. The fraction of sp³-hybridized carbons (Fsp3) is 0.385. The highest BCUT2D eigenvalue weighted by Crippen LogP contribution is 2.18. The molecular weight excluding hydrogens is 312 g/mol. The second kappa shape index (κ2) is 6.32. The molecule has 0 spiro atoms. The van der Waals surface area contributed by atoms with Gasteiger partial charge in [-0.3, -0.25) is 0 Å². The maximum atomic E-state index is 12.5. The number of sulfonamides is 1. The highest BCUT2D eigenvalue weighted by Gasteiger charge is 2.30. The van der Waals surface area contributed by atoms with Crippen molar-refractivity contribution in [3.8, 4) is 0 Å². The number of carbonyl (C=O) groups excluding carboxylic acids is 1. The Morgan fingerprint density at radius 2 is 1.64 bits per heavy atom. The van der Waals surface area contributed by atoms with Gasteiger partial charge in [0, 0.05) is 26.2 Å². The average molecular weight is 328 g/mol. The zero-order chi connectivity index (χ0) is 16.3. The predicted molar refractivity (Wildman–Crippen MR) is 76.1 cm³/mol. The number of carbonyl (C=O) groups is 2. The average Bonchev–Trinajstić information content (AvgIpc) is 2.54. The number of piperazine rings is 1. The van der Waals surface area contributed by atoms with Crippen LogP contribution in [0.15, 0.2) is 29.2 Å². The molecule has 0 unspecified atom stereocenters. The summed E-state index contributed by atoms with van der Waals surface area (Å²) in [6.45, 7) is 0.828. The molecule has 0 bridgehead atoms. The molecule has 1 aliphatic rings. The topological polar surface area (TPSA) is 104 Å². The van der Waals surface area contributed by atoms with Gasteiger partial charge in [0.2, 0.25) is 10.0 Å². The van der Waals surface area contributed by atoms with Gasteiger partial charge in [-0.05, 0) is 24.3 Å². The normalized spacial score (nSPS) is 16.3. The van der Waals surface area contributed by atoms with Crippen molar-refractivity contribution in [2.75, 3.05) is 33.3 Å². The van der Waals surface area contributed by atoms with E-state index in [0.717, 1.165) is 0 Å². The maximum Gasteiger partial charge on any atom is 0.409 e. The smallest absolute Gasteiger partial charge is 0.409 e. The number of hydrogen-bond donors (Lipinski definition) is 1. The summed E-state index contributed by atoms with van der Waals surface area (Å²) in [5, 5.41) is 8.82. The van der Waals surface area contributed by atoms with Crippen LogP contribution in [0.1, 0.15) is 10.4 Å². The number of ether oxygens (including phenoxy) is 1. The molecule has 1 saturated heterocycles. The Balaban J connectivity index is 2.11. The van der Waals surface area contributed by atoms with Crippen molar-refractivity contribution >= 4 is 22.1 Å². The van der Waals surface area contributed by atoms with Gasteiger partial charge in [-0.25, -0.2) is 18.0 Å². The summed E-state index contributed by atoms with van der Waals surface area (Å²) in [5.74, 6) is -1.12. The molecule has 1 fully saturated rings. The van der Waals surface area contributed by atoms with E-state index in [4.69, 9.17) is 5.11 Å². The van der Waals surface area contributed by atoms with Crippen LogP contribution in [0.4, 0.5) is 4.79 Å². The molecule has 22 heavy (non-hydrogen) atoms. The van der Waals surface area contributed by atoms with E-state index in [1.54, 1.807) is 0 Å². The van der Waals surface area contributed by atoms with Crippen LogP contribution in [0.5, 0.6) is 0 Å². The number of carboxylic acid groups (broad SMARTS) is 1. The van der Waals surface area contributed by atoms with Crippen LogP contribution >= 0.6 is 0 Å². The lowest BCUT2D eigenvalue weighted by molar-refractivity contribution is 0.0696. The van der Waals surface area contributed by atoms with Gasteiger partial charge in [0.25, 0.3) is 0 Å². The Bertz CT molecular complexity index is 662. The summed E-state index contributed by atoms with van der Waals surface area (Å²) in [7, 11) is -2.43. The number of benzene rings is 1. The van der Waals surface area contributed by atoms with Gasteiger partial charge in [-0.2, -0.15) is 4.31 Å². The van der Waals surface area contributed by atoms with E-state index in [0.29, 0.717) is 0 Å². The largest absolute Gasteiger partial charge is 0.478 e. The number of rotatable bonds is 3. The van der Waals surface area contributed by atoms with E-state index in [9.17, 15) is 18.0 Å². The lowest BCUT2D eigenvalue weighted by Crippen LogP contribution is -2.50. The van der Waals surface area contributed by atoms with E-state index < -0.39 is 22.1 Å². The second-order valence-corrected chi connectivity index (χ2v) is 6.63. The summed E-state index contributed by atoms with van der Waals surface area (Å²) in [6, 6.07) is 5.04. The van der Waals surface area contributed by atoms with E-state index in [1.807, 2.05) is 0 Å². The molecule has 1 amide bonds. The zero-order valence-corrected chi connectivity index (χ0v) is 12.7. The zero-order valence-electron chi connectivity index (χ0n) is 11.9. The summed E-state index contributed by atoms with van der Waals surface area (Å²) in [4.78, 5) is 23.6. The Kier molecular flexibility index (Phi) is 4.67. The molecule has 1 aromatic rings. The Morgan fingerprint density at radius 1 is 1.09 bits per heavy atom. The van der Waals surface area contributed by atoms with Crippen molar-refractivity contribution in [1.29, 1.82) is 0 Å². The second-order valence-electron chi connectivity index (χ2n) is 4.69. The molecule has 2 rings (SSSR count). The molecule has 1 aliphatic heterocycles. The first-order chi connectivity index (χ1) is 10.4. The Morgan fingerprint density at radius 3 is 2.09 bits per heavy atom. The first kappa shape index (κ1) is 16.2. The molecule has 8 nitrogen and oxygen atoms in total. The molecule has 0 radical (unpaired) electrons. The SMILES string of the molecule is COC(=O)N1CCN(S(=O)(=O)c2ccc(C(=O)O)cc2)CC1. The molecule has 9 heteroatoms. The van der Waals surface area contributed by atoms with E-state index >= 15 is 0 Å².